The summed E-state index contributed by atoms with van der Waals surface area (Å²) in [7, 11) is 0. The first-order valence-corrected chi connectivity index (χ1v) is 11.7. The van der Waals surface area contributed by atoms with Crippen LogP contribution in [0.15, 0.2) is 29.3 Å². The maximum absolute atomic E-state index is 13.4. The summed E-state index contributed by atoms with van der Waals surface area (Å²) < 4.78 is 13.4. The first kappa shape index (κ1) is 23.6. The van der Waals surface area contributed by atoms with Gasteiger partial charge in [0.05, 0.1) is 15.8 Å². The Bertz CT molecular complexity index is 1030. The zero-order valence-corrected chi connectivity index (χ0v) is 19.8. The number of anilines is 1. The van der Waals surface area contributed by atoms with Crippen molar-refractivity contribution in [2.45, 2.75) is 63.7 Å². The van der Waals surface area contributed by atoms with Gasteiger partial charge in [0.25, 0.3) is 0 Å². The number of amides is 1. The van der Waals surface area contributed by atoms with Crippen LogP contribution in [0.1, 0.15) is 57.4 Å². The standard InChI is InChI=1S/C24H27ClFN3OS/c1-5-21(22(30)28-17-7-8-19(26)18(25)12-17)31-23-15(13-27)10-14-11-16(24(2,3)4)6-9-20(14)29-23/h7-8,10,12,16,21H,5-6,9,11H2,1-4H3,(H,28,30). The van der Waals surface area contributed by atoms with E-state index in [2.05, 4.69) is 32.2 Å². The molecule has 1 aromatic carbocycles. The first-order valence-electron chi connectivity index (χ1n) is 10.5. The Balaban J connectivity index is 1.79. The van der Waals surface area contributed by atoms with Crippen molar-refractivity contribution >= 4 is 35.0 Å². The van der Waals surface area contributed by atoms with E-state index in [4.69, 9.17) is 16.6 Å². The van der Waals surface area contributed by atoms with E-state index in [1.54, 1.807) is 0 Å². The zero-order valence-electron chi connectivity index (χ0n) is 18.3. The number of rotatable bonds is 5. The highest BCUT2D eigenvalue weighted by atomic mass is 35.5. The van der Waals surface area contributed by atoms with Crippen molar-refractivity contribution in [3.8, 4) is 6.07 Å². The van der Waals surface area contributed by atoms with Crippen LogP contribution in [-0.4, -0.2) is 16.1 Å². The van der Waals surface area contributed by atoms with E-state index in [0.717, 1.165) is 30.5 Å². The molecule has 1 aromatic heterocycles. The third-order valence-electron chi connectivity index (χ3n) is 5.80. The minimum absolute atomic E-state index is 0.0461. The molecular weight excluding hydrogens is 433 g/mol. The second kappa shape index (κ2) is 9.58. The number of benzene rings is 1. The molecule has 1 heterocycles. The Morgan fingerprint density at radius 2 is 2.16 bits per heavy atom. The third-order valence-corrected chi connectivity index (χ3v) is 7.46. The molecule has 1 aliphatic rings. The average molecular weight is 460 g/mol. The van der Waals surface area contributed by atoms with E-state index in [0.29, 0.717) is 28.6 Å². The Morgan fingerprint density at radius 1 is 1.42 bits per heavy atom. The fourth-order valence-corrected chi connectivity index (χ4v) is 4.99. The Hall–Kier alpha value is -2.10. The number of halogens is 2. The van der Waals surface area contributed by atoms with Crippen molar-refractivity contribution in [3.63, 3.8) is 0 Å². The smallest absolute Gasteiger partial charge is 0.237 e. The van der Waals surface area contributed by atoms with Crippen LogP contribution in [0.4, 0.5) is 10.1 Å². The molecule has 7 heteroatoms. The topological polar surface area (TPSA) is 65.8 Å². The highest BCUT2D eigenvalue weighted by Crippen LogP contribution is 2.38. The number of thioether (sulfide) groups is 1. The normalized spacial score (nSPS) is 16.9. The summed E-state index contributed by atoms with van der Waals surface area (Å²) in [5.74, 6) is -0.207. The average Bonchev–Trinajstić information content (AvgIpc) is 2.72. The minimum atomic E-state index is -0.535. The SMILES string of the molecule is CCC(Sc1nc2c(cc1C#N)CC(C(C)(C)C)CC2)C(=O)Nc1ccc(F)c(Cl)c1. The third kappa shape index (κ3) is 5.58. The number of nitriles is 1. The lowest BCUT2D eigenvalue weighted by atomic mass is 9.71. The molecule has 2 atom stereocenters. The number of aryl methyl sites for hydroxylation is 1. The van der Waals surface area contributed by atoms with Crippen LogP contribution < -0.4 is 5.32 Å². The van der Waals surface area contributed by atoms with Gasteiger partial charge in [-0.1, -0.05) is 51.1 Å². The summed E-state index contributed by atoms with van der Waals surface area (Å²) in [6, 6.07) is 8.28. The van der Waals surface area contributed by atoms with Crippen LogP contribution in [0.3, 0.4) is 0 Å². The van der Waals surface area contributed by atoms with Gasteiger partial charge >= 0.3 is 0 Å². The van der Waals surface area contributed by atoms with E-state index in [-0.39, 0.29) is 16.3 Å². The van der Waals surface area contributed by atoms with E-state index in [1.807, 2.05) is 13.0 Å². The molecule has 1 aliphatic carbocycles. The number of nitrogens with zero attached hydrogens (tertiary/aromatic N) is 2. The molecule has 0 fully saturated rings. The molecule has 0 aliphatic heterocycles. The fraction of sp³-hybridized carbons (Fsp3) is 0.458. The molecular formula is C24H27ClFN3OS. The van der Waals surface area contributed by atoms with Gasteiger partial charge in [0.15, 0.2) is 0 Å². The molecule has 0 radical (unpaired) electrons. The molecule has 0 spiro atoms. The van der Waals surface area contributed by atoms with Crippen molar-refractivity contribution in [2.24, 2.45) is 11.3 Å². The van der Waals surface area contributed by atoms with Crippen LogP contribution >= 0.6 is 23.4 Å². The summed E-state index contributed by atoms with van der Waals surface area (Å²) >= 11 is 7.11. The molecule has 1 N–H and O–H groups in total. The van der Waals surface area contributed by atoms with Gasteiger partial charge in [0.1, 0.15) is 16.9 Å². The molecule has 0 saturated carbocycles. The lowest BCUT2D eigenvalue weighted by molar-refractivity contribution is -0.115. The van der Waals surface area contributed by atoms with Gasteiger partial charge in [-0.05, 0) is 66.8 Å². The number of carbonyl (C=O) groups excluding carboxylic acids is 1. The predicted molar refractivity (Wildman–Crippen MR) is 124 cm³/mol. The number of fused-ring (bicyclic) bond motifs is 1. The number of nitrogens with one attached hydrogen (secondary N) is 1. The van der Waals surface area contributed by atoms with Crippen molar-refractivity contribution in [2.75, 3.05) is 5.32 Å². The summed E-state index contributed by atoms with van der Waals surface area (Å²) in [4.78, 5) is 17.6. The van der Waals surface area contributed by atoms with Crippen LogP contribution in [0.2, 0.25) is 5.02 Å². The molecule has 2 unspecified atom stereocenters. The van der Waals surface area contributed by atoms with Gasteiger partial charge in [0.2, 0.25) is 5.91 Å². The molecule has 0 saturated heterocycles. The lowest BCUT2D eigenvalue weighted by Gasteiger charge is -2.34. The van der Waals surface area contributed by atoms with E-state index in [1.165, 1.54) is 30.0 Å². The number of aromatic nitrogens is 1. The quantitative estimate of drug-likeness (QED) is 0.525. The second-order valence-electron chi connectivity index (χ2n) is 9.00. The highest BCUT2D eigenvalue weighted by molar-refractivity contribution is 8.00. The van der Waals surface area contributed by atoms with Crippen molar-refractivity contribution < 1.29 is 9.18 Å². The molecule has 1 amide bonds. The van der Waals surface area contributed by atoms with E-state index >= 15 is 0 Å². The predicted octanol–water partition coefficient (Wildman–Crippen LogP) is 6.41. The summed E-state index contributed by atoms with van der Waals surface area (Å²) in [6.07, 6.45) is 3.44. The van der Waals surface area contributed by atoms with Crippen LogP contribution in [0.25, 0.3) is 0 Å². The molecule has 2 aromatic rings. The van der Waals surface area contributed by atoms with Crippen LogP contribution in [0, 0.1) is 28.5 Å². The monoisotopic (exact) mass is 459 g/mol. The molecule has 4 nitrogen and oxygen atoms in total. The second-order valence-corrected chi connectivity index (χ2v) is 10.6. The maximum Gasteiger partial charge on any atom is 0.237 e. The molecule has 0 bridgehead atoms. The number of hydrogen-bond donors (Lipinski definition) is 1. The Labute approximate surface area is 192 Å². The summed E-state index contributed by atoms with van der Waals surface area (Å²) in [5.41, 5.74) is 3.33. The first-order chi connectivity index (χ1) is 14.6. The van der Waals surface area contributed by atoms with Gasteiger partial charge in [-0.3, -0.25) is 4.79 Å². The molecule has 3 rings (SSSR count). The van der Waals surface area contributed by atoms with Crippen molar-refractivity contribution in [1.29, 1.82) is 5.26 Å². The van der Waals surface area contributed by atoms with E-state index < -0.39 is 11.1 Å². The van der Waals surface area contributed by atoms with Crippen molar-refractivity contribution in [1.82, 2.24) is 4.98 Å². The van der Waals surface area contributed by atoms with Crippen LogP contribution in [0.5, 0.6) is 0 Å². The summed E-state index contributed by atoms with van der Waals surface area (Å²) in [6.45, 7) is 8.67. The lowest BCUT2D eigenvalue weighted by Crippen LogP contribution is -2.28. The largest absolute Gasteiger partial charge is 0.325 e. The Kier molecular flexibility index (Phi) is 7.28. The fourth-order valence-electron chi connectivity index (χ4n) is 3.81. The van der Waals surface area contributed by atoms with Crippen LogP contribution in [-0.2, 0) is 17.6 Å². The maximum atomic E-state index is 13.4. The van der Waals surface area contributed by atoms with Gasteiger partial charge in [-0.15, -0.1) is 0 Å². The van der Waals surface area contributed by atoms with Gasteiger partial charge < -0.3 is 5.32 Å². The molecule has 164 valence electrons. The van der Waals surface area contributed by atoms with E-state index in [9.17, 15) is 14.4 Å². The number of pyridine rings is 1. The van der Waals surface area contributed by atoms with Gasteiger partial charge in [-0.25, -0.2) is 9.37 Å². The van der Waals surface area contributed by atoms with Crippen molar-refractivity contribution in [3.05, 3.63) is 51.9 Å². The minimum Gasteiger partial charge on any atom is -0.325 e. The number of carbonyl (C=O) groups is 1. The Morgan fingerprint density at radius 3 is 2.77 bits per heavy atom. The highest BCUT2D eigenvalue weighted by Gasteiger charge is 2.30. The zero-order chi connectivity index (χ0) is 22.8. The van der Waals surface area contributed by atoms with Gasteiger partial charge in [0, 0.05) is 11.4 Å². The number of hydrogen-bond acceptors (Lipinski definition) is 4. The van der Waals surface area contributed by atoms with Gasteiger partial charge in [-0.2, -0.15) is 5.26 Å². The molecule has 31 heavy (non-hydrogen) atoms. The summed E-state index contributed by atoms with van der Waals surface area (Å²) in [5, 5.41) is 12.6.